The Kier molecular flexibility index (Phi) is 42.2. The molecule has 3 unspecified atom stereocenters. The lowest BCUT2D eigenvalue weighted by Gasteiger charge is -2.35. The lowest BCUT2D eigenvalue weighted by Crippen LogP contribution is -2.45. The summed E-state index contributed by atoms with van der Waals surface area (Å²) in [5.41, 5.74) is 0. The zero-order valence-corrected chi connectivity index (χ0v) is 32.7. The summed E-state index contributed by atoms with van der Waals surface area (Å²) in [7, 11) is 2.51. The molecule has 8 atom stereocenters. The SMILES string of the molecule is CC.CCC.CCC[C@@H](C)C(=O)C(C)C(CC)OC=O.CCOC(=O)[C@H](C)C[C@H](C)CC.CO.C[C@@H]1C[C@H](N(C)C(=O)O)CC(O)O1. The van der Waals surface area contributed by atoms with Crippen LogP contribution in [-0.4, -0.2) is 89.8 Å². The van der Waals surface area contributed by atoms with Crippen LogP contribution in [0.2, 0.25) is 0 Å². The predicted molar refractivity (Wildman–Crippen MR) is 190 cm³/mol. The molecule has 1 fully saturated rings. The molecule has 284 valence electrons. The van der Waals surface area contributed by atoms with Gasteiger partial charge >= 0.3 is 12.1 Å². The molecule has 0 spiro atoms. The van der Waals surface area contributed by atoms with Gasteiger partial charge in [-0.15, -0.1) is 0 Å². The van der Waals surface area contributed by atoms with Crippen molar-refractivity contribution >= 4 is 24.3 Å². The normalized spacial score (nSPS) is 19.3. The molecule has 0 aromatic heterocycles. The summed E-state index contributed by atoms with van der Waals surface area (Å²) >= 11 is 0. The van der Waals surface area contributed by atoms with E-state index in [4.69, 9.17) is 24.4 Å². The molecule has 1 rings (SSSR count). The van der Waals surface area contributed by atoms with Crippen molar-refractivity contribution in [1.29, 1.82) is 0 Å². The molecule has 0 bridgehead atoms. The Balaban J connectivity index is -0.000000171. The highest BCUT2D eigenvalue weighted by molar-refractivity contribution is 5.83. The van der Waals surface area contributed by atoms with E-state index in [0.717, 1.165) is 32.8 Å². The Bertz CT molecular complexity index is 727. The second-order valence-electron chi connectivity index (χ2n) is 11.6. The fraction of sp³-hybridized carbons (Fsp3) is 0.889. The van der Waals surface area contributed by atoms with E-state index in [2.05, 4.69) is 34.6 Å². The van der Waals surface area contributed by atoms with Crippen molar-refractivity contribution in [3.8, 4) is 0 Å². The molecule has 1 amide bonds. The smallest absolute Gasteiger partial charge is 0.407 e. The van der Waals surface area contributed by atoms with Gasteiger partial charge in [-0.2, -0.15) is 0 Å². The monoisotopic (exact) mass is 682 g/mol. The fourth-order valence-electron chi connectivity index (χ4n) is 4.56. The summed E-state index contributed by atoms with van der Waals surface area (Å²) in [4.78, 5) is 45.2. The minimum atomic E-state index is -0.966. The van der Waals surface area contributed by atoms with Gasteiger partial charge in [0.15, 0.2) is 6.29 Å². The number of esters is 1. The molecule has 0 aliphatic carbocycles. The van der Waals surface area contributed by atoms with Gasteiger partial charge in [-0.1, -0.05) is 95.4 Å². The van der Waals surface area contributed by atoms with E-state index in [1.54, 1.807) is 0 Å². The van der Waals surface area contributed by atoms with Gasteiger partial charge < -0.3 is 34.4 Å². The summed E-state index contributed by atoms with van der Waals surface area (Å²) in [6.07, 6.45) is 4.74. The number of aliphatic hydroxyl groups excluding tert-OH is 2. The molecule has 1 heterocycles. The van der Waals surface area contributed by atoms with Crippen molar-refractivity contribution in [3.05, 3.63) is 0 Å². The molecule has 11 nitrogen and oxygen atoms in total. The van der Waals surface area contributed by atoms with Gasteiger partial charge in [0.1, 0.15) is 11.9 Å². The number of aliphatic hydroxyl groups is 2. The van der Waals surface area contributed by atoms with Gasteiger partial charge in [0.25, 0.3) is 6.47 Å². The molecular formula is C36H75NO10. The van der Waals surface area contributed by atoms with Crippen molar-refractivity contribution < 1.29 is 48.7 Å². The number of hydrogen-bond acceptors (Lipinski definition) is 9. The van der Waals surface area contributed by atoms with E-state index in [-0.39, 0.29) is 47.8 Å². The Morgan fingerprint density at radius 3 is 1.81 bits per heavy atom. The van der Waals surface area contributed by atoms with Crippen LogP contribution in [-0.2, 0) is 28.6 Å². The minimum absolute atomic E-state index is 0.0555. The third-order valence-corrected chi connectivity index (χ3v) is 7.30. The average molecular weight is 682 g/mol. The topological polar surface area (TPSA) is 160 Å². The Morgan fingerprint density at radius 2 is 1.45 bits per heavy atom. The number of ketones is 1. The third-order valence-electron chi connectivity index (χ3n) is 7.30. The Morgan fingerprint density at radius 1 is 0.936 bits per heavy atom. The first-order chi connectivity index (χ1) is 22.1. The largest absolute Gasteiger partial charge is 0.466 e. The summed E-state index contributed by atoms with van der Waals surface area (Å²) < 4.78 is 14.9. The summed E-state index contributed by atoms with van der Waals surface area (Å²) in [5.74, 6) is 0.684. The number of nitrogens with zero attached hydrogens (tertiary/aromatic N) is 1. The molecule has 3 N–H and O–H groups in total. The number of Topliss-reactive ketones (excluding diaryl/α,β-unsaturated/α-hetero) is 1. The maximum absolute atomic E-state index is 11.9. The quantitative estimate of drug-likeness (QED) is 0.122. The van der Waals surface area contributed by atoms with E-state index in [1.165, 1.54) is 18.4 Å². The van der Waals surface area contributed by atoms with Gasteiger partial charge in [-0.25, -0.2) is 4.79 Å². The van der Waals surface area contributed by atoms with Gasteiger partial charge in [-0.3, -0.25) is 14.4 Å². The first-order valence-corrected chi connectivity index (χ1v) is 17.6. The molecule has 0 radical (unpaired) electrons. The summed E-state index contributed by atoms with van der Waals surface area (Å²) in [5, 5.41) is 24.9. The van der Waals surface area contributed by atoms with Crippen molar-refractivity contribution in [2.75, 3.05) is 20.8 Å². The number of carbonyl (C=O) groups is 4. The Labute approximate surface area is 288 Å². The van der Waals surface area contributed by atoms with Gasteiger partial charge in [0.05, 0.1) is 24.5 Å². The fourth-order valence-corrected chi connectivity index (χ4v) is 4.56. The Hall–Kier alpha value is -2.24. The van der Waals surface area contributed by atoms with Crippen LogP contribution in [0.15, 0.2) is 0 Å². The van der Waals surface area contributed by atoms with Crippen molar-refractivity contribution in [2.45, 2.75) is 166 Å². The van der Waals surface area contributed by atoms with Crippen molar-refractivity contribution in [2.24, 2.45) is 23.7 Å². The van der Waals surface area contributed by atoms with E-state index < -0.39 is 12.4 Å². The summed E-state index contributed by atoms with van der Waals surface area (Å²) in [6, 6.07) is -0.142. The molecule has 0 aromatic rings. The van der Waals surface area contributed by atoms with E-state index in [1.807, 2.05) is 55.4 Å². The molecule has 1 aliphatic rings. The maximum atomic E-state index is 11.9. The number of carbonyl (C=O) groups excluding carboxylic acids is 3. The zero-order chi connectivity index (χ0) is 38.1. The maximum Gasteiger partial charge on any atom is 0.407 e. The second kappa shape index (κ2) is 36.6. The average Bonchev–Trinajstić information content (AvgIpc) is 3.05. The van der Waals surface area contributed by atoms with Crippen LogP contribution < -0.4 is 0 Å². The molecule has 1 saturated heterocycles. The van der Waals surface area contributed by atoms with E-state index in [0.29, 0.717) is 38.3 Å². The molecular weight excluding hydrogens is 606 g/mol. The molecule has 0 aromatic carbocycles. The summed E-state index contributed by atoms with van der Waals surface area (Å²) in [6.45, 7) is 26.8. The van der Waals surface area contributed by atoms with Crippen LogP contribution in [0.1, 0.15) is 141 Å². The standard InChI is InChI=1S/C12H22O3.C10H20O2.C8H15NO4.C3H8.C2H6.CH4O/c1-5-7-9(3)12(14)10(4)11(6-2)15-8-13;1-5-8(3)7-9(4)10(11)12-6-2;1-5-3-6(4-7(10)13-5)9(2)8(11)12;1-3-2;2*1-2/h8-11H,5-7H2,1-4H3;8-9H,5-7H2,1-4H3;5-7,10H,3-4H2,1-2H3,(H,11,12);3H2,1-2H3;1-2H3;2H,1H3/t9-,10?,11?;8-,9-;5-,6+,7?;;;/m111.../s1. The van der Waals surface area contributed by atoms with E-state index >= 15 is 0 Å². The number of rotatable bonds is 14. The highest BCUT2D eigenvalue weighted by atomic mass is 16.6. The zero-order valence-electron chi connectivity index (χ0n) is 32.7. The third kappa shape index (κ3) is 29.6. The molecule has 11 heteroatoms. The lowest BCUT2D eigenvalue weighted by atomic mass is 9.88. The van der Waals surface area contributed by atoms with Crippen LogP contribution >= 0.6 is 0 Å². The van der Waals surface area contributed by atoms with E-state index in [9.17, 15) is 24.3 Å². The molecule has 0 saturated carbocycles. The molecule has 1 aliphatic heterocycles. The minimum Gasteiger partial charge on any atom is -0.466 e. The molecule has 47 heavy (non-hydrogen) atoms. The van der Waals surface area contributed by atoms with Gasteiger partial charge in [-0.05, 0) is 45.4 Å². The predicted octanol–water partition coefficient (Wildman–Crippen LogP) is 7.73. The van der Waals surface area contributed by atoms with Crippen molar-refractivity contribution in [1.82, 2.24) is 4.90 Å². The number of carboxylic acid groups (broad SMARTS) is 1. The van der Waals surface area contributed by atoms with Gasteiger partial charge in [0, 0.05) is 32.5 Å². The van der Waals surface area contributed by atoms with Gasteiger partial charge in [0.2, 0.25) is 0 Å². The van der Waals surface area contributed by atoms with Crippen LogP contribution in [0.4, 0.5) is 4.79 Å². The number of amides is 1. The van der Waals surface area contributed by atoms with Crippen molar-refractivity contribution in [3.63, 3.8) is 0 Å². The number of ether oxygens (including phenoxy) is 3. The first-order valence-electron chi connectivity index (χ1n) is 17.6. The number of hydrogen-bond donors (Lipinski definition) is 3. The van der Waals surface area contributed by atoms with Crippen LogP contribution in [0, 0.1) is 23.7 Å². The first kappa shape index (κ1) is 54.2. The highest BCUT2D eigenvalue weighted by Gasteiger charge is 2.30. The van der Waals surface area contributed by atoms with Crippen LogP contribution in [0.5, 0.6) is 0 Å². The van der Waals surface area contributed by atoms with Crippen LogP contribution in [0.3, 0.4) is 0 Å². The second-order valence-corrected chi connectivity index (χ2v) is 11.6. The van der Waals surface area contributed by atoms with Crippen LogP contribution in [0.25, 0.3) is 0 Å². The lowest BCUT2D eigenvalue weighted by molar-refractivity contribution is -0.171. The highest BCUT2D eigenvalue weighted by Crippen LogP contribution is 2.22.